The first kappa shape index (κ1) is 11.5. The lowest BCUT2D eigenvalue weighted by Crippen LogP contribution is -2.49. The molecule has 0 amide bonds. The Hall–Kier alpha value is -0.595. The van der Waals surface area contributed by atoms with Gasteiger partial charge in [-0.3, -0.25) is 0 Å². The average Bonchev–Trinajstić information content (AvgIpc) is 2.90. The lowest BCUT2D eigenvalue weighted by molar-refractivity contribution is -0.251. The van der Waals surface area contributed by atoms with Crippen LogP contribution in [0.1, 0.15) is 0 Å². The average molecular weight is 240 g/mol. The van der Waals surface area contributed by atoms with E-state index in [-0.39, 0.29) is 44.3 Å². The van der Waals surface area contributed by atoms with Crippen LogP contribution in [-0.2, 0) is 28.4 Å². The van der Waals surface area contributed by atoms with Crippen LogP contribution < -0.4 is 0 Å². The molecule has 3 heterocycles. The molecule has 0 aliphatic carbocycles. The van der Waals surface area contributed by atoms with E-state index in [1.807, 2.05) is 0 Å². The van der Waals surface area contributed by atoms with Crippen molar-refractivity contribution in [2.24, 2.45) is 0 Å². The van der Waals surface area contributed by atoms with Gasteiger partial charge < -0.3 is 28.4 Å². The van der Waals surface area contributed by atoms with Gasteiger partial charge >= 0.3 is 0 Å². The zero-order valence-corrected chi connectivity index (χ0v) is 9.19. The Balaban J connectivity index is 1.63. The summed E-state index contributed by atoms with van der Waals surface area (Å²) in [6.45, 7) is 0.814. The molecule has 5 atom stereocenters. The number of ether oxygens (including phenoxy) is 6. The first-order valence-electron chi connectivity index (χ1n) is 5.50. The molecule has 92 valence electrons. The lowest BCUT2D eigenvalue weighted by atomic mass is 10.1. The summed E-state index contributed by atoms with van der Waals surface area (Å²) in [6.07, 6.45) is 0.284. The zero-order chi connectivity index (χ0) is 11.7. The molecule has 5 unspecified atom stereocenters. The first-order valence-corrected chi connectivity index (χ1v) is 5.50. The molecule has 3 aliphatic rings. The Labute approximate surface area is 100 Å². The van der Waals surface area contributed by atoms with Gasteiger partial charge in [0, 0.05) is 0 Å². The van der Waals surface area contributed by atoms with E-state index in [4.69, 9.17) is 36.3 Å². The Kier molecular flexibility index (Phi) is 3.35. The third-order valence-electron chi connectivity index (χ3n) is 3.04. The van der Waals surface area contributed by atoms with Gasteiger partial charge in [0.1, 0.15) is 45.7 Å². The van der Waals surface area contributed by atoms with E-state index < -0.39 is 0 Å². The highest BCUT2D eigenvalue weighted by atomic mass is 16.8. The van der Waals surface area contributed by atoms with Gasteiger partial charge in [-0.15, -0.1) is 0 Å². The van der Waals surface area contributed by atoms with Crippen molar-refractivity contribution in [3.05, 3.63) is 12.2 Å². The molecule has 7 heteroatoms. The number of hydrogen-bond donors (Lipinski definition) is 0. The van der Waals surface area contributed by atoms with Gasteiger partial charge in [0.2, 0.25) is 0 Å². The van der Waals surface area contributed by atoms with Crippen LogP contribution in [-0.4, -0.2) is 58.7 Å². The van der Waals surface area contributed by atoms with Crippen molar-refractivity contribution in [3.63, 3.8) is 0 Å². The molecule has 0 spiro atoms. The quantitative estimate of drug-likeness (QED) is 0.488. The van der Waals surface area contributed by atoms with Crippen LogP contribution in [0.5, 0.6) is 0 Å². The third-order valence-corrected chi connectivity index (χ3v) is 3.04. The van der Waals surface area contributed by atoms with E-state index in [9.17, 15) is 0 Å². The monoisotopic (exact) mass is 240 g/mol. The van der Waals surface area contributed by atoms with E-state index >= 15 is 0 Å². The molecule has 3 aliphatic heterocycles. The number of rotatable bonds is 3. The summed E-state index contributed by atoms with van der Waals surface area (Å²) < 4.78 is 32.6. The summed E-state index contributed by atoms with van der Waals surface area (Å²) in [6, 6.07) is 0. The van der Waals surface area contributed by atoms with Gasteiger partial charge in [0.05, 0.1) is 6.26 Å². The minimum Gasteiger partial charge on any atom is -0.500 e. The van der Waals surface area contributed by atoms with E-state index in [2.05, 4.69) is 0 Å². The number of hydrogen-bond acceptors (Lipinski definition) is 6. The largest absolute Gasteiger partial charge is 0.500 e. The van der Waals surface area contributed by atoms with Gasteiger partial charge in [-0.05, 0) is 0 Å². The molecule has 3 saturated heterocycles. The van der Waals surface area contributed by atoms with Crippen LogP contribution in [0, 0.1) is 0 Å². The number of fused-ring (bicyclic) bond motifs is 3. The van der Waals surface area contributed by atoms with Crippen molar-refractivity contribution in [1.82, 2.24) is 0 Å². The fraction of sp³-hybridized carbons (Fsp3) is 0.800. The summed E-state index contributed by atoms with van der Waals surface area (Å²) in [4.78, 5) is 0. The second-order valence-corrected chi connectivity index (χ2v) is 4.00. The highest BCUT2D eigenvalue weighted by Crippen LogP contribution is 2.35. The van der Waals surface area contributed by atoms with Crippen molar-refractivity contribution < 1.29 is 28.4 Å². The Bertz CT molecular complexity index is 299. The Morgan fingerprint density at radius 2 is 1.88 bits per heavy atom. The van der Waals surface area contributed by atoms with Crippen LogP contribution >= 0.6 is 0 Å². The zero-order valence-electron chi connectivity index (χ0n) is 9.19. The lowest BCUT2D eigenvalue weighted by Gasteiger charge is -2.33. The smallest absolute Gasteiger partial charge is 0.189 e. The van der Waals surface area contributed by atoms with Crippen LogP contribution in [0.2, 0.25) is 0 Å². The molecule has 6 nitrogen and oxygen atoms in total. The fourth-order valence-corrected chi connectivity index (χ4v) is 2.28. The van der Waals surface area contributed by atoms with Crippen molar-refractivity contribution in [1.29, 1.82) is 0 Å². The van der Waals surface area contributed by atoms with Crippen molar-refractivity contribution in [3.8, 4) is 0 Å². The second-order valence-electron chi connectivity index (χ2n) is 4.00. The van der Waals surface area contributed by atoms with E-state index in [0.717, 1.165) is 0 Å². The van der Waals surface area contributed by atoms with Crippen LogP contribution in [0.25, 0.3) is 0 Å². The highest BCUT2D eigenvalue weighted by Gasteiger charge is 2.54. The molecular weight excluding hydrogens is 227 g/mol. The predicted octanol–water partition coefficient (Wildman–Crippen LogP) is -0.518. The molecular formula is C10H13BO6. The van der Waals surface area contributed by atoms with Crippen molar-refractivity contribution in [2.45, 2.75) is 30.7 Å². The summed E-state index contributed by atoms with van der Waals surface area (Å²) >= 11 is 0. The highest BCUT2D eigenvalue weighted by molar-refractivity contribution is 6.16. The van der Waals surface area contributed by atoms with Crippen molar-refractivity contribution in [2.75, 3.05) is 20.2 Å². The molecule has 3 rings (SSSR count). The van der Waals surface area contributed by atoms with Crippen molar-refractivity contribution >= 4 is 7.85 Å². The minimum absolute atomic E-state index is 0.160. The van der Waals surface area contributed by atoms with E-state index in [1.165, 1.54) is 12.2 Å². The fourth-order valence-electron chi connectivity index (χ4n) is 2.28. The molecule has 0 aromatic rings. The van der Waals surface area contributed by atoms with Gasteiger partial charge in [-0.25, -0.2) is 0 Å². The predicted molar refractivity (Wildman–Crippen MR) is 54.9 cm³/mol. The first-order chi connectivity index (χ1) is 8.40. The Morgan fingerprint density at radius 1 is 1.06 bits per heavy atom. The van der Waals surface area contributed by atoms with E-state index in [0.29, 0.717) is 6.61 Å². The maximum atomic E-state index is 5.70. The minimum atomic E-state index is -0.362. The molecule has 0 aromatic carbocycles. The summed E-state index contributed by atoms with van der Waals surface area (Å²) in [5.74, 6) is 1.33. The SMILES string of the molecule is [B]/C=C/OCC1OCOC2C1OC1OCOC12. The maximum Gasteiger partial charge on any atom is 0.189 e. The standard InChI is InChI=1S/C10H13BO6/c11-1-2-12-3-6-7-8(14-4-13-6)9-10(17-7)16-5-15-9/h1-2,6-10H,3-5H2/b2-1+. The molecule has 3 fully saturated rings. The second kappa shape index (κ2) is 4.95. The maximum absolute atomic E-state index is 5.70. The molecule has 0 bridgehead atoms. The summed E-state index contributed by atoms with van der Waals surface area (Å²) in [5.41, 5.74) is 0. The molecule has 0 aromatic heterocycles. The van der Waals surface area contributed by atoms with E-state index in [1.54, 1.807) is 0 Å². The molecule has 0 saturated carbocycles. The molecule has 2 radical (unpaired) electrons. The van der Waals surface area contributed by atoms with Gasteiger partial charge in [-0.2, -0.15) is 0 Å². The summed E-state index contributed by atoms with van der Waals surface area (Å²) in [5, 5.41) is 0. The van der Waals surface area contributed by atoms with Crippen LogP contribution in [0.3, 0.4) is 0 Å². The Morgan fingerprint density at radius 3 is 2.76 bits per heavy atom. The molecule has 0 N–H and O–H groups in total. The van der Waals surface area contributed by atoms with Crippen LogP contribution in [0.4, 0.5) is 0 Å². The normalized spacial score (nSPS) is 44.8. The summed E-state index contributed by atoms with van der Waals surface area (Å²) in [7, 11) is 5.18. The van der Waals surface area contributed by atoms with Gasteiger partial charge in [0.15, 0.2) is 13.1 Å². The van der Waals surface area contributed by atoms with Crippen LogP contribution in [0.15, 0.2) is 12.2 Å². The molecule has 17 heavy (non-hydrogen) atoms. The third kappa shape index (κ3) is 2.09. The van der Waals surface area contributed by atoms with Gasteiger partial charge in [-0.1, -0.05) is 5.98 Å². The topological polar surface area (TPSA) is 55.4 Å². The van der Waals surface area contributed by atoms with Gasteiger partial charge in [0.25, 0.3) is 0 Å².